The second-order valence-electron chi connectivity index (χ2n) is 8.83. The van der Waals surface area contributed by atoms with E-state index in [2.05, 4.69) is 5.32 Å². The first-order valence-corrected chi connectivity index (χ1v) is 11.3. The van der Waals surface area contributed by atoms with E-state index in [0.29, 0.717) is 18.5 Å². The van der Waals surface area contributed by atoms with E-state index in [9.17, 15) is 14.4 Å². The largest absolute Gasteiger partial charge is 0.465 e. The molecule has 0 spiro atoms. The highest BCUT2D eigenvalue weighted by Gasteiger charge is 2.68. The minimum Gasteiger partial charge on any atom is -0.465 e. The second kappa shape index (κ2) is 8.51. The maximum Gasteiger partial charge on any atom is 0.327 e. The molecule has 2 heterocycles. The molecular weight excluding hydrogens is 404 g/mol. The Bertz CT molecular complexity index is 1030. The van der Waals surface area contributed by atoms with Gasteiger partial charge in [0.2, 0.25) is 11.8 Å². The number of carbonyl (C=O) groups is 3. The number of esters is 1. The van der Waals surface area contributed by atoms with Crippen molar-refractivity contribution >= 4 is 23.5 Å². The molecule has 0 aromatic heterocycles. The summed E-state index contributed by atoms with van der Waals surface area (Å²) < 4.78 is 5.45. The zero-order valence-electron chi connectivity index (χ0n) is 19.1. The number of carbonyl (C=O) groups excluding carboxylic acids is 3. The van der Waals surface area contributed by atoms with Crippen molar-refractivity contribution in [2.45, 2.75) is 52.1 Å². The number of imide groups is 1. The predicted octanol–water partition coefficient (Wildman–Crippen LogP) is 3.86. The topological polar surface area (TPSA) is 75.7 Å². The third kappa shape index (κ3) is 3.43. The van der Waals surface area contributed by atoms with Crippen LogP contribution in [-0.2, 0) is 19.1 Å². The Kier molecular flexibility index (Phi) is 5.91. The molecule has 2 fully saturated rings. The SMILES string of the molecule is CCC[C@]1(C(=O)OCC)N[C@H](c2ccc(C)cc2)[C@H]2C(=O)N(c3ccc(C)cc3)C(=O)[C@@H]21. The number of nitrogens with zero attached hydrogens (tertiary/aromatic N) is 1. The molecule has 6 nitrogen and oxygen atoms in total. The van der Waals surface area contributed by atoms with Crippen LogP contribution in [0.5, 0.6) is 0 Å². The maximum atomic E-state index is 13.8. The van der Waals surface area contributed by atoms with Crippen molar-refractivity contribution in [1.29, 1.82) is 0 Å². The van der Waals surface area contributed by atoms with Crippen molar-refractivity contribution in [2.75, 3.05) is 11.5 Å². The molecule has 2 aliphatic heterocycles. The highest BCUT2D eigenvalue weighted by Crippen LogP contribution is 2.51. The summed E-state index contributed by atoms with van der Waals surface area (Å²) in [5.74, 6) is -2.57. The van der Waals surface area contributed by atoms with Crippen molar-refractivity contribution in [3.63, 3.8) is 0 Å². The number of fused-ring (bicyclic) bond motifs is 1. The lowest BCUT2D eigenvalue weighted by molar-refractivity contribution is -0.155. The fourth-order valence-electron chi connectivity index (χ4n) is 5.18. The van der Waals surface area contributed by atoms with Gasteiger partial charge in [-0.05, 0) is 44.9 Å². The summed E-state index contributed by atoms with van der Waals surface area (Å²) in [5.41, 5.74) is 2.33. The van der Waals surface area contributed by atoms with E-state index in [-0.39, 0.29) is 18.4 Å². The molecule has 2 aromatic rings. The van der Waals surface area contributed by atoms with Gasteiger partial charge >= 0.3 is 5.97 Å². The summed E-state index contributed by atoms with van der Waals surface area (Å²) in [6.45, 7) is 7.88. The smallest absolute Gasteiger partial charge is 0.327 e. The van der Waals surface area contributed by atoms with Gasteiger partial charge in [0, 0.05) is 6.04 Å². The third-order valence-corrected chi connectivity index (χ3v) is 6.67. The number of aryl methyl sites for hydroxylation is 2. The summed E-state index contributed by atoms with van der Waals surface area (Å²) in [7, 11) is 0. The van der Waals surface area contributed by atoms with Crippen LogP contribution in [-0.4, -0.2) is 29.9 Å². The zero-order valence-corrected chi connectivity index (χ0v) is 19.1. The molecule has 0 aliphatic carbocycles. The molecule has 2 aromatic carbocycles. The average Bonchev–Trinajstić information content (AvgIpc) is 3.25. The molecule has 0 unspecified atom stereocenters. The summed E-state index contributed by atoms with van der Waals surface area (Å²) in [6, 6.07) is 14.8. The van der Waals surface area contributed by atoms with Crippen molar-refractivity contribution in [3.8, 4) is 0 Å². The number of anilines is 1. The Hall–Kier alpha value is -2.99. The molecule has 168 valence electrons. The van der Waals surface area contributed by atoms with Crippen LogP contribution in [0.4, 0.5) is 5.69 Å². The van der Waals surface area contributed by atoms with Crippen LogP contribution in [0, 0.1) is 25.7 Å². The van der Waals surface area contributed by atoms with Crippen LogP contribution < -0.4 is 10.2 Å². The van der Waals surface area contributed by atoms with Gasteiger partial charge in [-0.15, -0.1) is 0 Å². The van der Waals surface area contributed by atoms with E-state index in [0.717, 1.165) is 16.7 Å². The number of hydrogen-bond acceptors (Lipinski definition) is 5. The molecule has 1 N–H and O–H groups in total. The van der Waals surface area contributed by atoms with E-state index < -0.39 is 29.4 Å². The quantitative estimate of drug-likeness (QED) is 0.552. The van der Waals surface area contributed by atoms with Crippen molar-refractivity contribution < 1.29 is 19.1 Å². The summed E-state index contributed by atoms with van der Waals surface area (Å²) in [4.78, 5) is 42.1. The summed E-state index contributed by atoms with van der Waals surface area (Å²) in [5, 5.41) is 3.43. The fraction of sp³-hybridized carbons (Fsp3) is 0.423. The third-order valence-electron chi connectivity index (χ3n) is 6.67. The lowest BCUT2D eigenvalue weighted by atomic mass is 9.77. The summed E-state index contributed by atoms with van der Waals surface area (Å²) >= 11 is 0. The Balaban J connectivity index is 1.85. The van der Waals surface area contributed by atoms with Gasteiger partial charge in [-0.3, -0.25) is 19.7 Å². The van der Waals surface area contributed by atoms with E-state index in [1.807, 2.05) is 57.2 Å². The van der Waals surface area contributed by atoms with Crippen LogP contribution in [0.25, 0.3) is 0 Å². The van der Waals surface area contributed by atoms with Crippen LogP contribution in [0.3, 0.4) is 0 Å². The molecule has 2 saturated heterocycles. The molecule has 0 radical (unpaired) electrons. The number of ether oxygens (including phenoxy) is 1. The first-order valence-electron chi connectivity index (χ1n) is 11.3. The maximum absolute atomic E-state index is 13.8. The number of benzene rings is 2. The van der Waals surface area contributed by atoms with Crippen molar-refractivity contribution in [1.82, 2.24) is 5.32 Å². The van der Waals surface area contributed by atoms with E-state index in [1.54, 1.807) is 19.1 Å². The minimum atomic E-state index is -1.24. The van der Waals surface area contributed by atoms with Crippen LogP contribution in [0.2, 0.25) is 0 Å². The Morgan fingerprint density at radius 1 is 0.969 bits per heavy atom. The number of amides is 2. The molecule has 0 bridgehead atoms. The molecule has 6 heteroatoms. The van der Waals surface area contributed by atoms with Gasteiger partial charge in [0.05, 0.1) is 24.1 Å². The van der Waals surface area contributed by atoms with E-state index in [4.69, 9.17) is 4.74 Å². The Morgan fingerprint density at radius 2 is 1.56 bits per heavy atom. The number of hydrogen-bond donors (Lipinski definition) is 1. The fourth-order valence-corrected chi connectivity index (χ4v) is 5.18. The predicted molar refractivity (Wildman–Crippen MR) is 122 cm³/mol. The Labute approximate surface area is 188 Å². The second-order valence-corrected chi connectivity index (χ2v) is 8.83. The van der Waals surface area contributed by atoms with Crippen molar-refractivity contribution in [3.05, 3.63) is 65.2 Å². The molecule has 32 heavy (non-hydrogen) atoms. The van der Waals surface area contributed by atoms with Gasteiger partial charge in [0.1, 0.15) is 5.54 Å². The van der Waals surface area contributed by atoms with Gasteiger partial charge in [-0.25, -0.2) is 4.90 Å². The monoisotopic (exact) mass is 434 g/mol. The zero-order chi connectivity index (χ0) is 23.0. The highest BCUT2D eigenvalue weighted by molar-refractivity contribution is 6.24. The van der Waals surface area contributed by atoms with Gasteiger partial charge in [-0.1, -0.05) is 60.9 Å². The minimum absolute atomic E-state index is 0.211. The Morgan fingerprint density at radius 3 is 2.12 bits per heavy atom. The summed E-state index contributed by atoms with van der Waals surface area (Å²) in [6.07, 6.45) is 1.08. The standard InChI is InChI=1S/C26H30N2O4/c1-5-15-26(25(31)32-6-2)21-20(22(27-26)18-11-7-16(3)8-12-18)23(29)28(24(21)30)19-13-9-17(4)10-14-19/h7-14,20-22,27H,5-6,15H2,1-4H3/t20-,21+,22+,26-/m0/s1. The molecule has 4 atom stereocenters. The molecule has 4 rings (SSSR count). The molecule has 2 aliphatic rings. The number of rotatable bonds is 6. The lowest BCUT2D eigenvalue weighted by Crippen LogP contribution is -2.56. The number of nitrogens with one attached hydrogen (secondary N) is 1. The van der Waals surface area contributed by atoms with Gasteiger partial charge in [0.15, 0.2) is 0 Å². The van der Waals surface area contributed by atoms with Gasteiger partial charge in [0.25, 0.3) is 0 Å². The average molecular weight is 435 g/mol. The van der Waals surface area contributed by atoms with Gasteiger partial charge in [-0.2, -0.15) is 0 Å². The molecule has 0 saturated carbocycles. The lowest BCUT2D eigenvalue weighted by Gasteiger charge is -2.32. The first kappa shape index (κ1) is 22.2. The normalized spacial score (nSPS) is 27.0. The van der Waals surface area contributed by atoms with Gasteiger partial charge < -0.3 is 4.74 Å². The van der Waals surface area contributed by atoms with Crippen LogP contribution >= 0.6 is 0 Å². The van der Waals surface area contributed by atoms with E-state index >= 15 is 0 Å². The van der Waals surface area contributed by atoms with Crippen LogP contribution in [0.1, 0.15) is 49.4 Å². The molecule has 2 amide bonds. The van der Waals surface area contributed by atoms with E-state index in [1.165, 1.54) is 4.90 Å². The van der Waals surface area contributed by atoms with Crippen LogP contribution in [0.15, 0.2) is 48.5 Å². The highest BCUT2D eigenvalue weighted by atomic mass is 16.5. The van der Waals surface area contributed by atoms with Crippen molar-refractivity contribution in [2.24, 2.45) is 11.8 Å². The molecular formula is C26H30N2O4. The first-order chi connectivity index (χ1) is 15.3.